The lowest BCUT2D eigenvalue weighted by molar-refractivity contribution is 0.426. The van der Waals surface area contributed by atoms with Crippen LogP contribution in [-0.4, -0.2) is 10.2 Å². The van der Waals surface area contributed by atoms with Gasteiger partial charge >= 0.3 is 0 Å². The monoisotopic (exact) mass is 271 g/mol. The van der Waals surface area contributed by atoms with Gasteiger partial charge in [0, 0.05) is 5.56 Å². The lowest BCUT2D eigenvalue weighted by atomic mass is 9.79. The predicted molar refractivity (Wildman–Crippen MR) is 79.8 cm³/mol. The number of rotatable bonds is 4. The average molecular weight is 271 g/mol. The van der Waals surface area contributed by atoms with E-state index in [1.54, 1.807) is 6.20 Å². The summed E-state index contributed by atoms with van der Waals surface area (Å²) in [5, 5.41) is 6.75. The van der Waals surface area contributed by atoms with Gasteiger partial charge in [-0.2, -0.15) is 5.10 Å². The summed E-state index contributed by atoms with van der Waals surface area (Å²) in [6.45, 7) is 0. The van der Waals surface area contributed by atoms with E-state index in [9.17, 15) is 0 Å². The van der Waals surface area contributed by atoms with Crippen LogP contribution < -0.4 is 17.0 Å². The molecule has 20 heavy (non-hydrogen) atoms. The number of benzene rings is 1. The smallest absolute Gasteiger partial charge is 0.123 e. The van der Waals surface area contributed by atoms with Crippen LogP contribution >= 0.6 is 0 Å². The molecule has 3 rings (SSSR count). The molecule has 2 unspecified atom stereocenters. The van der Waals surface area contributed by atoms with Crippen molar-refractivity contribution in [2.75, 3.05) is 5.73 Å². The number of hydrogen-bond donors (Lipinski definition) is 4. The van der Waals surface area contributed by atoms with Crippen LogP contribution in [0.15, 0.2) is 30.5 Å². The van der Waals surface area contributed by atoms with E-state index in [4.69, 9.17) is 11.6 Å². The van der Waals surface area contributed by atoms with Gasteiger partial charge in [-0.3, -0.25) is 16.4 Å². The number of nitrogens with two attached hydrogens (primary N) is 2. The number of aryl methyl sites for hydroxylation is 1. The first-order valence-corrected chi connectivity index (χ1v) is 7.12. The molecule has 1 aliphatic carbocycles. The minimum Gasteiger partial charge on any atom is -0.384 e. The van der Waals surface area contributed by atoms with Crippen LogP contribution in [0.5, 0.6) is 0 Å². The zero-order chi connectivity index (χ0) is 13.9. The highest BCUT2D eigenvalue weighted by Gasteiger charge is 2.25. The van der Waals surface area contributed by atoms with Crippen molar-refractivity contribution in [3.8, 4) is 0 Å². The maximum Gasteiger partial charge on any atom is 0.123 e. The number of nitrogens with zero attached hydrogens (tertiary/aromatic N) is 1. The van der Waals surface area contributed by atoms with Crippen molar-refractivity contribution in [1.29, 1.82) is 0 Å². The maximum absolute atomic E-state index is 5.90. The molecule has 1 aliphatic rings. The van der Waals surface area contributed by atoms with Crippen molar-refractivity contribution < 1.29 is 0 Å². The molecule has 106 valence electrons. The number of H-pyrrole nitrogens is 1. The number of nitrogens with one attached hydrogen (secondary N) is 2. The number of aromatic amines is 1. The molecule has 0 saturated carbocycles. The lowest BCUT2D eigenvalue weighted by Crippen LogP contribution is -2.30. The molecule has 0 bridgehead atoms. The van der Waals surface area contributed by atoms with E-state index < -0.39 is 0 Å². The number of nitrogen functional groups attached to an aromatic ring is 1. The lowest BCUT2D eigenvalue weighted by Gasteiger charge is -2.28. The highest BCUT2D eigenvalue weighted by Crippen LogP contribution is 2.38. The minimum absolute atomic E-state index is 0.0323. The van der Waals surface area contributed by atoms with Crippen molar-refractivity contribution in [2.24, 2.45) is 5.84 Å². The van der Waals surface area contributed by atoms with Crippen LogP contribution in [0, 0.1) is 0 Å². The van der Waals surface area contributed by atoms with Gasteiger partial charge in [0.05, 0.1) is 12.2 Å². The van der Waals surface area contributed by atoms with Crippen molar-refractivity contribution in [1.82, 2.24) is 15.6 Å². The molecular weight excluding hydrogens is 250 g/mol. The second kappa shape index (κ2) is 5.64. The van der Waals surface area contributed by atoms with Gasteiger partial charge in [0.25, 0.3) is 0 Å². The zero-order valence-electron chi connectivity index (χ0n) is 11.5. The first-order chi connectivity index (χ1) is 9.79. The largest absolute Gasteiger partial charge is 0.384 e. The summed E-state index contributed by atoms with van der Waals surface area (Å²) in [4.78, 5) is 0. The van der Waals surface area contributed by atoms with Crippen molar-refractivity contribution in [2.45, 2.75) is 37.6 Å². The Kier molecular flexibility index (Phi) is 3.71. The third-order valence-corrected chi connectivity index (χ3v) is 4.29. The van der Waals surface area contributed by atoms with Gasteiger partial charge in [0.15, 0.2) is 0 Å². The quantitative estimate of drug-likeness (QED) is 0.505. The third-order valence-electron chi connectivity index (χ3n) is 4.29. The second-order valence-corrected chi connectivity index (χ2v) is 5.48. The topological polar surface area (TPSA) is 92.7 Å². The van der Waals surface area contributed by atoms with Crippen LogP contribution in [0.25, 0.3) is 0 Å². The first kappa shape index (κ1) is 13.1. The summed E-state index contributed by atoms with van der Waals surface area (Å²) in [6, 6.07) is 8.75. The van der Waals surface area contributed by atoms with E-state index in [2.05, 4.69) is 39.9 Å². The summed E-state index contributed by atoms with van der Waals surface area (Å²) in [6.07, 6.45) is 6.32. The average Bonchev–Trinajstić information content (AvgIpc) is 2.91. The number of fused-ring (bicyclic) bond motifs is 1. The van der Waals surface area contributed by atoms with Crippen LogP contribution in [-0.2, 0) is 6.42 Å². The number of aromatic nitrogens is 2. The van der Waals surface area contributed by atoms with Gasteiger partial charge in [0.1, 0.15) is 5.82 Å². The van der Waals surface area contributed by atoms with E-state index in [0.29, 0.717) is 11.7 Å². The van der Waals surface area contributed by atoms with Crippen molar-refractivity contribution in [3.63, 3.8) is 0 Å². The van der Waals surface area contributed by atoms with Crippen LogP contribution in [0.3, 0.4) is 0 Å². The van der Waals surface area contributed by atoms with Gasteiger partial charge in [-0.05, 0) is 42.7 Å². The van der Waals surface area contributed by atoms with E-state index >= 15 is 0 Å². The van der Waals surface area contributed by atoms with Crippen LogP contribution in [0.2, 0.25) is 0 Å². The van der Waals surface area contributed by atoms with E-state index in [1.165, 1.54) is 30.4 Å². The molecule has 0 saturated heterocycles. The Morgan fingerprint density at radius 2 is 2.25 bits per heavy atom. The fourth-order valence-corrected chi connectivity index (χ4v) is 3.25. The summed E-state index contributed by atoms with van der Waals surface area (Å²) in [5.41, 5.74) is 12.7. The molecule has 5 heteroatoms. The molecule has 0 amide bonds. The van der Waals surface area contributed by atoms with Gasteiger partial charge in [-0.1, -0.05) is 24.3 Å². The zero-order valence-corrected chi connectivity index (χ0v) is 11.5. The molecule has 5 nitrogen and oxygen atoms in total. The molecular formula is C15H21N5. The highest BCUT2D eigenvalue weighted by atomic mass is 15.2. The normalized spacial score (nSPS) is 19.6. The van der Waals surface area contributed by atoms with E-state index in [0.717, 1.165) is 12.0 Å². The second-order valence-electron chi connectivity index (χ2n) is 5.48. The minimum atomic E-state index is 0.0323. The highest BCUT2D eigenvalue weighted by molar-refractivity contribution is 5.40. The molecule has 1 heterocycles. The summed E-state index contributed by atoms with van der Waals surface area (Å²) < 4.78 is 0. The maximum atomic E-state index is 5.90. The molecule has 0 radical (unpaired) electrons. The molecule has 2 aromatic rings. The van der Waals surface area contributed by atoms with Gasteiger partial charge in [0.2, 0.25) is 0 Å². The summed E-state index contributed by atoms with van der Waals surface area (Å²) >= 11 is 0. The van der Waals surface area contributed by atoms with Crippen LogP contribution in [0.1, 0.15) is 47.9 Å². The molecule has 6 N–H and O–H groups in total. The Labute approximate surface area is 118 Å². The standard InChI is InChI=1S/C15H21N5/c16-15-13(9-18-20-15)14(19-17)8-11-6-3-5-10-4-1-2-7-12(10)11/h1-2,4,7,9,11,14,19H,3,5-6,8,17H2,(H3,16,18,20). The number of hydrogen-bond acceptors (Lipinski definition) is 4. The Bertz CT molecular complexity index is 577. The Hall–Kier alpha value is -1.85. The number of anilines is 1. The first-order valence-electron chi connectivity index (χ1n) is 7.12. The molecule has 0 aliphatic heterocycles. The molecule has 0 spiro atoms. The Morgan fingerprint density at radius 3 is 3.00 bits per heavy atom. The van der Waals surface area contributed by atoms with Crippen LogP contribution in [0.4, 0.5) is 5.82 Å². The predicted octanol–water partition coefficient (Wildman–Crippen LogP) is 2.01. The van der Waals surface area contributed by atoms with E-state index in [1.807, 2.05) is 0 Å². The van der Waals surface area contributed by atoms with E-state index in [-0.39, 0.29) is 6.04 Å². The fourth-order valence-electron chi connectivity index (χ4n) is 3.25. The van der Waals surface area contributed by atoms with Gasteiger partial charge < -0.3 is 5.73 Å². The fraction of sp³-hybridized carbons (Fsp3) is 0.400. The number of hydrazine groups is 1. The Morgan fingerprint density at radius 1 is 1.40 bits per heavy atom. The molecule has 1 aromatic carbocycles. The summed E-state index contributed by atoms with van der Waals surface area (Å²) in [7, 11) is 0. The molecule has 0 fully saturated rings. The Balaban J connectivity index is 1.82. The van der Waals surface area contributed by atoms with Gasteiger partial charge in [-0.25, -0.2) is 0 Å². The molecule has 2 atom stereocenters. The van der Waals surface area contributed by atoms with Crippen molar-refractivity contribution >= 4 is 5.82 Å². The SMILES string of the molecule is NNC(CC1CCCc2ccccc21)c1cn[nH]c1N. The van der Waals surface area contributed by atoms with Gasteiger partial charge in [-0.15, -0.1) is 0 Å². The van der Waals surface area contributed by atoms with Crippen molar-refractivity contribution in [3.05, 3.63) is 47.2 Å². The summed E-state index contributed by atoms with van der Waals surface area (Å²) in [5.74, 6) is 6.84. The molecule has 1 aromatic heterocycles. The third kappa shape index (κ3) is 2.42.